The molecule has 1 aliphatic rings. The maximum absolute atomic E-state index is 12.3. The van der Waals surface area contributed by atoms with Gasteiger partial charge in [0.15, 0.2) is 0 Å². The van der Waals surface area contributed by atoms with Gasteiger partial charge in [-0.05, 0) is 24.3 Å². The highest BCUT2D eigenvalue weighted by atomic mass is 35.5. The maximum Gasteiger partial charge on any atom is 0.271 e. The number of carbonyl (C=O) groups excluding carboxylic acids is 3. The number of hydrazine groups is 1. The predicted octanol–water partition coefficient (Wildman–Crippen LogP) is 2.81. The van der Waals surface area contributed by atoms with E-state index in [1.807, 2.05) is 0 Å². The molecule has 1 fully saturated rings. The predicted molar refractivity (Wildman–Crippen MR) is 99.0 cm³/mol. The van der Waals surface area contributed by atoms with Crippen molar-refractivity contribution in [1.82, 2.24) is 10.9 Å². The molecule has 0 spiro atoms. The van der Waals surface area contributed by atoms with E-state index in [0.29, 0.717) is 10.7 Å². The zero-order chi connectivity index (χ0) is 18.7. The third kappa shape index (κ3) is 3.81. The van der Waals surface area contributed by atoms with Crippen molar-refractivity contribution in [3.63, 3.8) is 0 Å². The number of nitrogens with zero attached hydrogens (tertiary/aromatic N) is 1. The first kappa shape index (κ1) is 18.2. The van der Waals surface area contributed by atoms with Crippen LogP contribution in [0.4, 0.5) is 5.69 Å². The molecule has 0 aliphatic carbocycles. The van der Waals surface area contributed by atoms with Crippen LogP contribution >= 0.6 is 23.2 Å². The quantitative estimate of drug-likeness (QED) is 0.789. The van der Waals surface area contributed by atoms with Gasteiger partial charge in [-0.2, -0.15) is 0 Å². The molecule has 2 aromatic carbocycles. The Kier molecular flexibility index (Phi) is 5.44. The van der Waals surface area contributed by atoms with Gasteiger partial charge < -0.3 is 4.90 Å². The number of nitrogens with one attached hydrogen (secondary N) is 2. The molecule has 0 aromatic heterocycles. The van der Waals surface area contributed by atoms with Crippen molar-refractivity contribution < 1.29 is 14.4 Å². The Morgan fingerprint density at radius 1 is 0.962 bits per heavy atom. The minimum absolute atomic E-state index is 0.0407. The van der Waals surface area contributed by atoms with Crippen LogP contribution in [-0.2, 0) is 9.59 Å². The van der Waals surface area contributed by atoms with Gasteiger partial charge in [0.25, 0.3) is 5.91 Å². The first-order chi connectivity index (χ1) is 12.5. The monoisotopic (exact) mass is 391 g/mol. The summed E-state index contributed by atoms with van der Waals surface area (Å²) in [6.07, 6.45) is 0.0407. The summed E-state index contributed by atoms with van der Waals surface area (Å²) in [5.74, 6) is -1.77. The fraction of sp³-hybridized carbons (Fsp3) is 0.167. The lowest BCUT2D eigenvalue weighted by Crippen LogP contribution is -2.45. The van der Waals surface area contributed by atoms with Crippen molar-refractivity contribution >= 4 is 46.6 Å². The molecule has 26 heavy (non-hydrogen) atoms. The molecule has 0 saturated carbocycles. The van der Waals surface area contributed by atoms with Crippen LogP contribution in [0.1, 0.15) is 16.8 Å². The van der Waals surface area contributed by atoms with Crippen molar-refractivity contribution in [3.8, 4) is 0 Å². The number of hydrogen-bond acceptors (Lipinski definition) is 3. The average Bonchev–Trinajstić information content (AvgIpc) is 3.02. The largest absolute Gasteiger partial charge is 0.310 e. The first-order valence-electron chi connectivity index (χ1n) is 7.87. The fourth-order valence-electron chi connectivity index (χ4n) is 2.72. The number of carbonyl (C=O) groups is 3. The van der Waals surface area contributed by atoms with Crippen molar-refractivity contribution in [2.24, 2.45) is 5.92 Å². The fourth-order valence-corrected chi connectivity index (χ4v) is 3.18. The molecule has 1 heterocycles. The number of benzene rings is 2. The highest BCUT2D eigenvalue weighted by Gasteiger charge is 2.36. The molecule has 1 aliphatic heterocycles. The minimum atomic E-state index is -0.592. The summed E-state index contributed by atoms with van der Waals surface area (Å²) >= 11 is 12.1. The molecule has 2 aromatic rings. The second-order valence-electron chi connectivity index (χ2n) is 5.78. The molecule has 3 amide bonds. The van der Waals surface area contributed by atoms with Crippen LogP contribution in [0.15, 0.2) is 48.5 Å². The second-order valence-corrected chi connectivity index (χ2v) is 6.59. The summed E-state index contributed by atoms with van der Waals surface area (Å²) in [5, 5.41) is 0.717. The van der Waals surface area contributed by atoms with E-state index in [-0.39, 0.29) is 29.5 Å². The number of para-hydroxylation sites is 1. The zero-order valence-electron chi connectivity index (χ0n) is 13.5. The van der Waals surface area contributed by atoms with Gasteiger partial charge >= 0.3 is 0 Å². The van der Waals surface area contributed by atoms with E-state index in [0.717, 1.165) is 0 Å². The number of halogens is 2. The van der Waals surface area contributed by atoms with Crippen LogP contribution in [0, 0.1) is 5.92 Å². The van der Waals surface area contributed by atoms with E-state index >= 15 is 0 Å². The Morgan fingerprint density at radius 3 is 2.31 bits per heavy atom. The Morgan fingerprint density at radius 2 is 1.62 bits per heavy atom. The smallest absolute Gasteiger partial charge is 0.271 e. The van der Waals surface area contributed by atoms with Gasteiger partial charge in [-0.3, -0.25) is 25.2 Å². The van der Waals surface area contributed by atoms with Crippen molar-refractivity contribution in [3.05, 3.63) is 64.1 Å². The van der Waals surface area contributed by atoms with Crippen LogP contribution in [0.3, 0.4) is 0 Å². The van der Waals surface area contributed by atoms with Gasteiger partial charge in [-0.15, -0.1) is 0 Å². The summed E-state index contributed by atoms with van der Waals surface area (Å²) in [6.45, 7) is 0.191. The van der Waals surface area contributed by atoms with Crippen molar-refractivity contribution in [2.75, 3.05) is 11.4 Å². The standard InChI is InChI=1S/C18H15Cl2N3O3/c19-13-6-2-1-5-12(13)18(26)22-21-17(25)11-9-16(24)23(10-11)15-8-4-3-7-14(15)20/h1-8,11H,9-10H2,(H,21,25)(H,22,26)/t11-/m1/s1. The second kappa shape index (κ2) is 7.76. The van der Waals surface area contributed by atoms with Gasteiger partial charge in [0.05, 0.1) is 27.2 Å². The number of rotatable bonds is 3. The van der Waals surface area contributed by atoms with E-state index in [1.165, 1.54) is 4.90 Å². The topological polar surface area (TPSA) is 78.5 Å². The maximum atomic E-state index is 12.3. The molecule has 1 atom stereocenters. The molecule has 0 radical (unpaired) electrons. The molecule has 0 unspecified atom stereocenters. The third-order valence-corrected chi connectivity index (χ3v) is 4.71. The van der Waals surface area contributed by atoms with E-state index < -0.39 is 17.7 Å². The average molecular weight is 392 g/mol. The highest BCUT2D eigenvalue weighted by molar-refractivity contribution is 6.34. The molecular weight excluding hydrogens is 377 g/mol. The van der Waals surface area contributed by atoms with Crippen LogP contribution in [0.5, 0.6) is 0 Å². The van der Waals surface area contributed by atoms with Gasteiger partial charge in [0, 0.05) is 13.0 Å². The summed E-state index contributed by atoms with van der Waals surface area (Å²) in [6, 6.07) is 13.4. The summed E-state index contributed by atoms with van der Waals surface area (Å²) in [4.78, 5) is 38.1. The first-order valence-corrected chi connectivity index (χ1v) is 8.62. The van der Waals surface area contributed by atoms with Gasteiger partial charge in [-0.1, -0.05) is 47.5 Å². The zero-order valence-corrected chi connectivity index (χ0v) is 15.1. The van der Waals surface area contributed by atoms with Gasteiger partial charge in [0.2, 0.25) is 11.8 Å². The molecule has 1 saturated heterocycles. The van der Waals surface area contributed by atoms with Crippen LogP contribution in [0.25, 0.3) is 0 Å². The Labute approximate surface area is 160 Å². The summed E-state index contributed by atoms with van der Waals surface area (Å²) < 4.78 is 0. The summed E-state index contributed by atoms with van der Waals surface area (Å²) in [5.41, 5.74) is 5.48. The van der Waals surface area contributed by atoms with Crippen molar-refractivity contribution in [1.29, 1.82) is 0 Å². The van der Waals surface area contributed by atoms with Crippen LogP contribution < -0.4 is 15.8 Å². The van der Waals surface area contributed by atoms with Gasteiger partial charge in [0.1, 0.15) is 0 Å². The number of anilines is 1. The SMILES string of the molecule is O=C(NNC(=O)[C@@H]1CC(=O)N(c2ccccc2Cl)C1)c1ccccc1Cl. The molecule has 0 bridgehead atoms. The van der Waals surface area contributed by atoms with Crippen molar-refractivity contribution in [2.45, 2.75) is 6.42 Å². The van der Waals surface area contributed by atoms with Crippen LogP contribution in [0.2, 0.25) is 10.0 Å². The highest BCUT2D eigenvalue weighted by Crippen LogP contribution is 2.30. The molecule has 2 N–H and O–H groups in total. The molecule has 134 valence electrons. The van der Waals surface area contributed by atoms with E-state index in [9.17, 15) is 14.4 Å². The Hall–Kier alpha value is -2.57. The molecule has 3 rings (SSSR count). The van der Waals surface area contributed by atoms with Gasteiger partial charge in [-0.25, -0.2) is 0 Å². The normalized spacial score (nSPS) is 16.5. The Balaban J connectivity index is 1.61. The van der Waals surface area contributed by atoms with E-state index in [4.69, 9.17) is 23.2 Å². The Bertz CT molecular complexity index is 872. The third-order valence-electron chi connectivity index (χ3n) is 4.06. The molecule has 6 nitrogen and oxygen atoms in total. The van der Waals surface area contributed by atoms with E-state index in [1.54, 1.807) is 48.5 Å². The summed E-state index contributed by atoms with van der Waals surface area (Å²) in [7, 11) is 0. The number of amides is 3. The van der Waals surface area contributed by atoms with Crippen LogP contribution in [-0.4, -0.2) is 24.3 Å². The molecule has 8 heteroatoms. The van der Waals surface area contributed by atoms with E-state index in [2.05, 4.69) is 10.9 Å². The lowest BCUT2D eigenvalue weighted by atomic mass is 10.1. The number of hydrogen-bond donors (Lipinski definition) is 2. The minimum Gasteiger partial charge on any atom is -0.310 e. The lowest BCUT2D eigenvalue weighted by molar-refractivity contribution is -0.126. The molecular formula is C18H15Cl2N3O3. The lowest BCUT2D eigenvalue weighted by Gasteiger charge is -2.18.